The number of nitrogens with two attached hydrogens (primary N) is 1. The van der Waals surface area contributed by atoms with Gasteiger partial charge in [-0.15, -0.1) is 11.3 Å². The number of ether oxygens (including phenoxy) is 1. The smallest absolute Gasteiger partial charge is 0.250 e. The summed E-state index contributed by atoms with van der Waals surface area (Å²) in [7, 11) is 0.169. The molecule has 0 bridgehead atoms. The molecule has 0 aliphatic rings. The Balaban J connectivity index is 2.44. The number of nitrogens with zero attached hydrogens (tertiary/aromatic N) is 1. The van der Waals surface area contributed by atoms with Crippen molar-refractivity contribution >= 4 is 21.4 Å². The monoisotopic (exact) mass is 321 g/mol. The van der Waals surface area contributed by atoms with Gasteiger partial charge < -0.3 is 15.4 Å². The lowest BCUT2D eigenvalue weighted by molar-refractivity contribution is 0.162. The fourth-order valence-electron chi connectivity index (χ4n) is 1.58. The Morgan fingerprint density at radius 1 is 1.40 bits per heavy atom. The highest BCUT2D eigenvalue weighted by molar-refractivity contribution is 7.91. The Hall–Kier alpha value is -0.510. The highest BCUT2D eigenvalue weighted by atomic mass is 32.2. The number of hydrogen-bond acceptors (Lipinski definition) is 6. The average Bonchev–Trinajstić information content (AvgIpc) is 2.86. The van der Waals surface area contributed by atoms with Crippen LogP contribution in [0.3, 0.4) is 0 Å². The quantitative estimate of drug-likeness (QED) is 0.639. The van der Waals surface area contributed by atoms with Gasteiger partial charge in [-0.05, 0) is 32.1 Å². The van der Waals surface area contributed by atoms with E-state index in [1.54, 1.807) is 13.2 Å². The van der Waals surface area contributed by atoms with Gasteiger partial charge in [0.1, 0.15) is 4.21 Å². The molecule has 1 aromatic heterocycles. The van der Waals surface area contributed by atoms with E-state index >= 15 is 0 Å². The van der Waals surface area contributed by atoms with Crippen LogP contribution in [0.4, 0.5) is 0 Å². The van der Waals surface area contributed by atoms with Crippen LogP contribution in [0.5, 0.6) is 0 Å². The highest BCUT2D eigenvalue weighted by Crippen LogP contribution is 2.21. The van der Waals surface area contributed by atoms with E-state index in [0.717, 1.165) is 11.4 Å². The second kappa shape index (κ2) is 8.71. The van der Waals surface area contributed by atoms with E-state index in [0.29, 0.717) is 36.9 Å². The summed E-state index contributed by atoms with van der Waals surface area (Å²) in [6.45, 7) is 2.96. The molecule has 6 nitrogen and oxygen atoms in total. The van der Waals surface area contributed by atoms with Gasteiger partial charge in [-0.1, -0.05) is 0 Å². The van der Waals surface area contributed by atoms with Crippen molar-refractivity contribution < 1.29 is 13.2 Å². The molecule has 116 valence electrons. The lowest BCUT2D eigenvalue weighted by Gasteiger charge is -2.15. The molecular formula is C12H23N3O3S2. The molecule has 0 unspecified atom stereocenters. The summed E-state index contributed by atoms with van der Waals surface area (Å²) < 4.78 is 32.1. The molecule has 1 aromatic rings. The lowest BCUT2D eigenvalue weighted by atomic mass is 10.3. The third-order valence-electron chi connectivity index (χ3n) is 2.76. The summed E-state index contributed by atoms with van der Waals surface area (Å²) in [6, 6.07) is 3.45. The summed E-state index contributed by atoms with van der Waals surface area (Å²) in [6.07, 6.45) is 0.708. The van der Waals surface area contributed by atoms with Gasteiger partial charge in [0.15, 0.2) is 0 Å². The zero-order chi connectivity index (χ0) is 15.0. The molecule has 0 aromatic carbocycles. The molecule has 0 saturated heterocycles. The number of thiophene rings is 1. The Kier molecular flexibility index (Phi) is 7.63. The first-order valence-corrected chi connectivity index (χ1v) is 8.75. The SMILES string of the molecule is COCCN(C)CCNS(=O)(=O)c1ccc(CCN)s1. The summed E-state index contributed by atoms with van der Waals surface area (Å²) in [4.78, 5) is 3.01. The molecule has 0 amide bonds. The van der Waals surface area contributed by atoms with Crippen LogP contribution in [-0.4, -0.2) is 60.3 Å². The maximum atomic E-state index is 12.1. The highest BCUT2D eigenvalue weighted by Gasteiger charge is 2.16. The minimum atomic E-state index is -3.40. The van der Waals surface area contributed by atoms with Crippen molar-refractivity contribution in [1.29, 1.82) is 0 Å². The maximum Gasteiger partial charge on any atom is 0.250 e. The third-order valence-corrected chi connectivity index (χ3v) is 5.85. The second-order valence-electron chi connectivity index (χ2n) is 4.45. The molecule has 3 N–H and O–H groups in total. The molecule has 0 atom stereocenters. The Morgan fingerprint density at radius 2 is 2.15 bits per heavy atom. The van der Waals surface area contributed by atoms with E-state index < -0.39 is 10.0 Å². The molecule has 0 aliphatic carbocycles. The van der Waals surface area contributed by atoms with E-state index in [2.05, 4.69) is 4.72 Å². The van der Waals surface area contributed by atoms with Crippen molar-refractivity contribution in [3.05, 3.63) is 17.0 Å². The molecule has 0 saturated carbocycles. The van der Waals surface area contributed by atoms with Gasteiger partial charge >= 0.3 is 0 Å². The fourth-order valence-corrected chi connectivity index (χ4v) is 4.02. The van der Waals surface area contributed by atoms with E-state index in [4.69, 9.17) is 10.5 Å². The van der Waals surface area contributed by atoms with Crippen molar-refractivity contribution in [1.82, 2.24) is 9.62 Å². The molecule has 0 aliphatic heterocycles. The number of nitrogens with one attached hydrogen (secondary N) is 1. The number of likely N-dealkylation sites (N-methyl/N-ethyl adjacent to an activating group) is 1. The molecule has 0 radical (unpaired) electrons. The van der Waals surface area contributed by atoms with Crippen LogP contribution in [0, 0.1) is 0 Å². The first-order valence-electron chi connectivity index (χ1n) is 6.45. The number of methoxy groups -OCH3 is 1. The molecule has 0 spiro atoms. The Bertz CT molecular complexity index is 488. The Morgan fingerprint density at radius 3 is 2.80 bits per heavy atom. The van der Waals surface area contributed by atoms with Crippen LogP contribution >= 0.6 is 11.3 Å². The van der Waals surface area contributed by atoms with Crippen LogP contribution in [0.1, 0.15) is 4.88 Å². The van der Waals surface area contributed by atoms with Crippen molar-refractivity contribution in [2.45, 2.75) is 10.6 Å². The van der Waals surface area contributed by atoms with Gasteiger partial charge in [-0.2, -0.15) is 0 Å². The minimum absolute atomic E-state index is 0.348. The zero-order valence-corrected chi connectivity index (χ0v) is 13.6. The first kappa shape index (κ1) is 17.5. The van der Waals surface area contributed by atoms with Crippen LogP contribution < -0.4 is 10.5 Å². The zero-order valence-electron chi connectivity index (χ0n) is 12.0. The summed E-state index contributed by atoms with van der Waals surface area (Å²) in [5.74, 6) is 0. The molecule has 0 fully saturated rings. The normalized spacial score (nSPS) is 12.2. The molecule has 20 heavy (non-hydrogen) atoms. The summed E-state index contributed by atoms with van der Waals surface area (Å²) in [5, 5.41) is 0. The Labute approximate surface area is 125 Å². The molecular weight excluding hydrogens is 298 g/mol. The van der Waals surface area contributed by atoms with Gasteiger partial charge in [0.05, 0.1) is 6.61 Å². The lowest BCUT2D eigenvalue weighted by Crippen LogP contribution is -2.34. The average molecular weight is 321 g/mol. The van der Waals surface area contributed by atoms with Gasteiger partial charge in [-0.25, -0.2) is 13.1 Å². The third kappa shape index (κ3) is 5.86. The van der Waals surface area contributed by atoms with Crippen LogP contribution in [-0.2, 0) is 21.2 Å². The van der Waals surface area contributed by atoms with Crippen molar-refractivity contribution in [3.63, 3.8) is 0 Å². The van der Waals surface area contributed by atoms with Crippen molar-refractivity contribution in [2.75, 3.05) is 46.9 Å². The number of sulfonamides is 1. The minimum Gasteiger partial charge on any atom is -0.383 e. The second-order valence-corrected chi connectivity index (χ2v) is 7.62. The van der Waals surface area contributed by atoms with Crippen LogP contribution in [0.15, 0.2) is 16.3 Å². The van der Waals surface area contributed by atoms with Gasteiger partial charge in [0, 0.05) is 31.6 Å². The van der Waals surface area contributed by atoms with E-state index in [-0.39, 0.29) is 0 Å². The van der Waals surface area contributed by atoms with E-state index in [9.17, 15) is 8.42 Å². The number of hydrogen-bond donors (Lipinski definition) is 2. The van der Waals surface area contributed by atoms with Crippen molar-refractivity contribution in [3.8, 4) is 0 Å². The summed E-state index contributed by atoms with van der Waals surface area (Å²) >= 11 is 1.27. The molecule has 1 heterocycles. The van der Waals surface area contributed by atoms with Crippen molar-refractivity contribution in [2.24, 2.45) is 5.73 Å². The largest absolute Gasteiger partial charge is 0.383 e. The predicted molar refractivity (Wildman–Crippen MR) is 81.6 cm³/mol. The van der Waals surface area contributed by atoms with E-state index in [1.807, 2.05) is 18.0 Å². The van der Waals surface area contributed by atoms with Gasteiger partial charge in [0.2, 0.25) is 10.0 Å². The van der Waals surface area contributed by atoms with E-state index in [1.165, 1.54) is 11.3 Å². The fraction of sp³-hybridized carbons (Fsp3) is 0.667. The predicted octanol–water partition coefficient (Wildman–Crippen LogP) is 0.106. The van der Waals surface area contributed by atoms with Gasteiger partial charge in [-0.3, -0.25) is 0 Å². The standard InChI is InChI=1S/C12H23N3O3S2/c1-15(9-10-18-2)8-7-14-20(16,17)12-4-3-11(19-12)5-6-13/h3-4,14H,5-10,13H2,1-2H3. The van der Waals surface area contributed by atoms with Gasteiger partial charge in [0.25, 0.3) is 0 Å². The van der Waals surface area contributed by atoms with Crippen LogP contribution in [0.2, 0.25) is 0 Å². The van der Waals surface area contributed by atoms with Crippen LogP contribution in [0.25, 0.3) is 0 Å². The first-order chi connectivity index (χ1) is 9.49. The molecule has 1 rings (SSSR count). The maximum absolute atomic E-state index is 12.1. The number of rotatable bonds is 10. The molecule has 8 heteroatoms. The topological polar surface area (TPSA) is 84.7 Å². The summed E-state index contributed by atoms with van der Waals surface area (Å²) in [5.41, 5.74) is 5.46.